The second-order valence-corrected chi connectivity index (χ2v) is 8.76. The van der Waals surface area contributed by atoms with Gasteiger partial charge in [0.2, 0.25) is 0 Å². The molecule has 0 spiro atoms. The van der Waals surface area contributed by atoms with Gasteiger partial charge in [0.1, 0.15) is 5.82 Å². The van der Waals surface area contributed by atoms with Crippen molar-refractivity contribution < 1.29 is 19.1 Å². The van der Waals surface area contributed by atoms with Crippen LogP contribution in [0.1, 0.15) is 44.4 Å². The predicted molar refractivity (Wildman–Crippen MR) is 129 cm³/mol. The van der Waals surface area contributed by atoms with E-state index in [2.05, 4.69) is 9.80 Å². The molecule has 0 atom stereocenters. The summed E-state index contributed by atoms with van der Waals surface area (Å²) in [6, 6.07) is 10.1. The zero-order valence-corrected chi connectivity index (χ0v) is 20.2. The van der Waals surface area contributed by atoms with Crippen LogP contribution in [-0.4, -0.2) is 66.2 Å². The molecule has 0 N–H and O–H groups in total. The Balaban J connectivity index is 1.57. The lowest BCUT2D eigenvalue weighted by Crippen LogP contribution is -2.40. The van der Waals surface area contributed by atoms with Crippen LogP contribution in [0.15, 0.2) is 30.3 Å². The number of carbonyl (C=O) groups excluding carboxylic acids is 2. The molecule has 8 nitrogen and oxygen atoms in total. The molecule has 0 aliphatic carbocycles. The van der Waals surface area contributed by atoms with Gasteiger partial charge in [-0.2, -0.15) is 0 Å². The van der Waals surface area contributed by atoms with Gasteiger partial charge in [-0.05, 0) is 26.7 Å². The van der Waals surface area contributed by atoms with Gasteiger partial charge in [0.25, 0.3) is 0 Å². The number of ether oxygens (including phenoxy) is 2. The first-order valence-electron chi connectivity index (χ1n) is 12.3. The molecule has 0 radical (unpaired) electrons. The van der Waals surface area contributed by atoms with Crippen LogP contribution in [0.5, 0.6) is 0 Å². The van der Waals surface area contributed by atoms with Crippen molar-refractivity contribution >= 4 is 17.8 Å². The summed E-state index contributed by atoms with van der Waals surface area (Å²) < 4.78 is 10.3. The first-order valence-corrected chi connectivity index (χ1v) is 12.3. The molecule has 1 aromatic heterocycles. The van der Waals surface area contributed by atoms with Crippen molar-refractivity contribution in [1.82, 2.24) is 14.9 Å². The lowest BCUT2D eigenvalue weighted by Gasteiger charge is -2.36. The summed E-state index contributed by atoms with van der Waals surface area (Å²) in [7, 11) is 0. The highest BCUT2D eigenvalue weighted by atomic mass is 16.5. The molecule has 0 bridgehead atoms. The molecule has 0 amide bonds. The number of rotatable bonds is 8. The van der Waals surface area contributed by atoms with E-state index < -0.39 is 0 Å². The zero-order valence-electron chi connectivity index (χ0n) is 20.2. The molecule has 2 aromatic rings. The molecule has 3 heterocycles. The molecule has 0 unspecified atom stereocenters. The topological polar surface area (TPSA) is 84.9 Å². The number of aromatic nitrogens is 2. The van der Waals surface area contributed by atoms with Gasteiger partial charge in [-0.3, -0.25) is 14.5 Å². The smallest absolute Gasteiger partial charge is 0.309 e. The van der Waals surface area contributed by atoms with Crippen LogP contribution < -0.4 is 4.90 Å². The van der Waals surface area contributed by atoms with E-state index in [1.54, 1.807) is 0 Å². The van der Waals surface area contributed by atoms with Crippen molar-refractivity contribution in [2.45, 2.75) is 46.1 Å². The molecular weight excluding hydrogens is 432 g/mol. The Bertz CT molecular complexity index is 990. The van der Waals surface area contributed by atoms with Gasteiger partial charge < -0.3 is 14.4 Å². The van der Waals surface area contributed by atoms with Gasteiger partial charge in [0.05, 0.1) is 31.2 Å². The maximum atomic E-state index is 12.2. The molecule has 0 saturated carbocycles. The minimum Gasteiger partial charge on any atom is -0.466 e. The van der Waals surface area contributed by atoms with Crippen molar-refractivity contribution in [2.24, 2.45) is 5.92 Å². The second-order valence-electron chi connectivity index (χ2n) is 8.76. The maximum absolute atomic E-state index is 12.2. The van der Waals surface area contributed by atoms with Crippen LogP contribution in [0.3, 0.4) is 0 Å². The highest BCUT2D eigenvalue weighted by Crippen LogP contribution is 2.32. The van der Waals surface area contributed by atoms with Crippen LogP contribution in [-0.2, 0) is 32.0 Å². The van der Waals surface area contributed by atoms with E-state index >= 15 is 0 Å². The summed E-state index contributed by atoms with van der Waals surface area (Å²) >= 11 is 0. The van der Waals surface area contributed by atoms with E-state index in [1.807, 2.05) is 44.2 Å². The van der Waals surface area contributed by atoms with E-state index in [4.69, 9.17) is 19.4 Å². The fourth-order valence-electron chi connectivity index (χ4n) is 4.69. The predicted octanol–water partition coefficient (Wildman–Crippen LogP) is 3.23. The first kappa shape index (κ1) is 24.1. The number of benzene rings is 1. The Hall–Kier alpha value is -3.00. The monoisotopic (exact) mass is 466 g/mol. The van der Waals surface area contributed by atoms with Crippen molar-refractivity contribution in [3.63, 3.8) is 0 Å². The zero-order chi connectivity index (χ0) is 23.9. The summed E-state index contributed by atoms with van der Waals surface area (Å²) in [6.07, 6.45) is 2.70. The number of carbonyl (C=O) groups is 2. The quantitative estimate of drug-likeness (QED) is 0.548. The summed E-state index contributed by atoms with van der Waals surface area (Å²) in [5, 5.41) is 0. The number of hydrogen-bond acceptors (Lipinski definition) is 8. The van der Waals surface area contributed by atoms with E-state index in [1.165, 1.54) is 0 Å². The minimum atomic E-state index is -0.162. The lowest BCUT2D eigenvalue weighted by molar-refractivity contribution is -0.148. The van der Waals surface area contributed by atoms with Crippen LogP contribution >= 0.6 is 0 Å². The summed E-state index contributed by atoms with van der Waals surface area (Å²) in [5.74, 6) is 1.38. The number of piperidine rings is 1. The third kappa shape index (κ3) is 5.73. The van der Waals surface area contributed by atoms with Gasteiger partial charge in [-0.25, -0.2) is 9.97 Å². The molecular formula is C26H34N4O4. The summed E-state index contributed by atoms with van der Waals surface area (Å²) in [4.78, 5) is 38.6. The normalized spacial score (nSPS) is 16.7. The fraction of sp³-hybridized carbons (Fsp3) is 0.538. The molecule has 182 valence electrons. The van der Waals surface area contributed by atoms with Gasteiger partial charge in [0.15, 0.2) is 5.82 Å². The highest BCUT2D eigenvalue weighted by molar-refractivity contribution is 5.73. The Morgan fingerprint density at radius 3 is 2.44 bits per heavy atom. The first-order chi connectivity index (χ1) is 16.6. The van der Waals surface area contributed by atoms with Crippen LogP contribution in [0.25, 0.3) is 11.4 Å². The Morgan fingerprint density at radius 1 is 1.00 bits per heavy atom. The average Bonchev–Trinajstić information content (AvgIpc) is 2.87. The number of nitrogens with zero attached hydrogens (tertiary/aromatic N) is 4. The molecule has 2 aliphatic rings. The largest absolute Gasteiger partial charge is 0.466 e. The Labute approximate surface area is 201 Å². The lowest BCUT2D eigenvalue weighted by atomic mass is 9.96. The standard InChI is InChI=1S/C26H34N4O4/c1-3-33-23(31)13-15-29-14-12-22-21(18-29)25(28-24(27-22)19-8-6-5-7-9-19)30-16-10-20(11-17-30)26(32)34-4-2/h5-9,20H,3-4,10-18H2,1-2H3. The van der Waals surface area contributed by atoms with E-state index in [0.29, 0.717) is 32.7 Å². The SMILES string of the molecule is CCOC(=O)CCN1CCc2nc(-c3ccccc3)nc(N3CCC(C(=O)OCC)CC3)c2C1. The molecule has 4 rings (SSSR count). The molecule has 34 heavy (non-hydrogen) atoms. The molecule has 8 heteroatoms. The number of fused-ring (bicyclic) bond motifs is 1. The maximum Gasteiger partial charge on any atom is 0.309 e. The van der Waals surface area contributed by atoms with Crippen molar-refractivity contribution in [3.05, 3.63) is 41.6 Å². The third-order valence-electron chi connectivity index (χ3n) is 6.50. The molecule has 1 aromatic carbocycles. The van der Waals surface area contributed by atoms with Gasteiger partial charge in [-0.15, -0.1) is 0 Å². The molecule has 2 aliphatic heterocycles. The highest BCUT2D eigenvalue weighted by Gasteiger charge is 2.30. The number of anilines is 1. The fourth-order valence-corrected chi connectivity index (χ4v) is 4.69. The van der Waals surface area contributed by atoms with Gasteiger partial charge in [-0.1, -0.05) is 30.3 Å². The molecule has 1 fully saturated rings. The molecule has 1 saturated heterocycles. The van der Waals surface area contributed by atoms with E-state index in [9.17, 15) is 9.59 Å². The van der Waals surface area contributed by atoms with E-state index in [0.717, 1.165) is 67.4 Å². The van der Waals surface area contributed by atoms with Crippen LogP contribution in [0.4, 0.5) is 5.82 Å². The van der Waals surface area contributed by atoms with Gasteiger partial charge in [0, 0.05) is 50.3 Å². The van der Waals surface area contributed by atoms with Crippen molar-refractivity contribution in [2.75, 3.05) is 44.3 Å². The van der Waals surface area contributed by atoms with Gasteiger partial charge >= 0.3 is 11.9 Å². The summed E-state index contributed by atoms with van der Waals surface area (Å²) in [6.45, 7) is 8.22. The van der Waals surface area contributed by atoms with Crippen LogP contribution in [0.2, 0.25) is 0 Å². The Kier molecular flexibility index (Phi) is 8.11. The van der Waals surface area contributed by atoms with Crippen molar-refractivity contribution in [1.29, 1.82) is 0 Å². The second kappa shape index (κ2) is 11.4. The average molecular weight is 467 g/mol. The van der Waals surface area contributed by atoms with Crippen molar-refractivity contribution in [3.8, 4) is 11.4 Å². The number of esters is 2. The Morgan fingerprint density at radius 2 is 1.74 bits per heavy atom. The third-order valence-corrected chi connectivity index (χ3v) is 6.50. The van der Waals surface area contributed by atoms with E-state index in [-0.39, 0.29) is 17.9 Å². The summed E-state index contributed by atoms with van der Waals surface area (Å²) in [5.41, 5.74) is 3.20. The minimum absolute atomic E-state index is 0.0523. The van der Waals surface area contributed by atoms with Crippen LogP contribution in [0, 0.1) is 5.92 Å². The number of hydrogen-bond donors (Lipinski definition) is 0.